The molecule has 1 aliphatic rings. The van der Waals surface area contributed by atoms with Crippen LogP contribution < -0.4 is 5.32 Å². The van der Waals surface area contributed by atoms with Crippen LogP contribution in [-0.2, 0) is 10.5 Å². The predicted octanol–water partition coefficient (Wildman–Crippen LogP) is 2.54. The Morgan fingerprint density at radius 3 is 3.12 bits per heavy atom. The van der Waals surface area contributed by atoms with Gasteiger partial charge in [0, 0.05) is 24.2 Å². The summed E-state index contributed by atoms with van der Waals surface area (Å²) in [5.74, 6) is 0.982. The van der Waals surface area contributed by atoms with E-state index in [9.17, 15) is 0 Å². The molecule has 0 bridgehead atoms. The lowest BCUT2D eigenvalue weighted by Gasteiger charge is -2.25. The third-order valence-electron chi connectivity index (χ3n) is 2.47. The number of hydrogen-bond donors (Lipinski definition) is 1. The van der Waals surface area contributed by atoms with Gasteiger partial charge in [-0.1, -0.05) is 6.92 Å². The van der Waals surface area contributed by atoms with Crippen LogP contribution in [0.1, 0.15) is 19.0 Å². The van der Waals surface area contributed by atoms with Crippen LogP contribution in [0.15, 0.2) is 18.3 Å². The van der Waals surface area contributed by atoms with Gasteiger partial charge in [-0.05, 0) is 18.6 Å². The fourth-order valence-corrected chi connectivity index (χ4v) is 2.40. The molecule has 0 amide bonds. The number of hydrogen-bond acceptors (Lipinski definition) is 4. The van der Waals surface area contributed by atoms with Crippen molar-refractivity contribution in [1.29, 1.82) is 0 Å². The van der Waals surface area contributed by atoms with E-state index in [1.165, 1.54) is 5.69 Å². The van der Waals surface area contributed by atoms with E-state index in [1.807, 2.05) is 24.0 Å². The summed E-state index contributed by atoms with van der Waals surface area (Å²) in [6, 6.07) is 4.17. The molecule has 1 saturated heterocycles. The number of anilines is 1. The Labute approximate surface area is 101 Å². The molecule has 0 unspecified atom stereocenters. The first-order valence-electron chi connectivity index (χ1n) is 5.76. The number of thioether (sulfide) groups is 1. The van der Waals surface area contributed by atoms with Crippen molar-refractivity contribution in [3.63, 3.8) is 0 Å². The maximum atomic E-state index is 5.15. The Bertz CT molecular complexity index is 329. The fraction of sp³-hybridized carbons (Fsp3) is 0.583. The molecule has 0 saturated carbocycles. The minimum absolute atomic E-state index is 0.675. The summed E-state index contributed by atoms with van der Waals surface area (Å²) in [6.45, 7) is 4.99. The summed E-state index contributed by atoms with van der Waals surface area (Å²) in [7, 11) is 0. The van der Waals surface area contributed by atoms with E-state index in [0.29, 0.717) is 5.25 Å². The van der Waals surface area contributed by atoms with Gasteiger partial charge in [-0.25, -0.2) is 0 Å². The van der Waals surface area contributed by atoms with Crippen molar-refractivity contribution in [3.8, 4) is 0 Å². The van der Waals surface area contributed by atoms with Crippen molar-refractivity contribution in [3.05, 3.63) is 24.0 Å². The van der Waals surface area contributed by atoms with E-state index in [1.54, 1.807) is 0 Å². The van der Waals surface area contributed by atoms with Gasteiger partial charge in [-0.15, -0.1) is 11.8 Å². The molecule has 2 heterocycles. The third-order valence-corrected chi connectivity index (χ3v) is 3.68. The summed E-state index contributed by atoms with van der Waals surface area (Å²) >= 11 is 1.93. The molecular formula is C12H18N2OS. The zero-order valence-corrected chi connectivity index (χ0v) is 10.4. The summed E-state index contributed by atoms with van der Waals surface area (Å²) in [6.07, 6.45) is 3.02. The number of pyridine rings is 1. The molecule has 0 spiro atoms. The molecule has 0 aromatic carbocycles. The Kier molecular flexibility index (Phi) is 4.48. The SMILES string of the molecule is CCCNc1ccnc(CSC2COC2)c1. The topological polar surface area (TPSA) is 34.2 Å². The maximum absolute atomic E-state index is 5.15. The largest absolute Gasteiger partial charge is 0.385 e. The first kappa shape index (κ1) is 11.7. The normalized spacial score (nSPS) is 15.8. The quantitative estimate of drug-likeness (QED) is 0.826. The lowest BCUT2D eigenvalue weighted by molar-refractivity contribution is 0.0455. The molecule has 3 nitrogen and oxygen atoms in total. The fourth-order valence-electron chi connectivity index (χ4n) is 1.45. The molecule has 1 N–H and O–H groups in total. The smallest absolute Gasteiger partial charge is 0.0608 e. The van der Waals surface area contributed by atoms with Crippen molar-refractivity contribution >= 4 is 17.4 Å². The molecule has 4 heteroatoms. The number of rotatable bonds is 6. The molecule has 0 aliphatic carbocycles. The summed E-state index contributed by atoms with van der Waals surface area (Å²) in [4.78, 5) is 4.38. The average molecular weight is 238 g/mol. The van der Waals surface area contributed by atoms with E-state index in [-0.39, 0.29) is 0 Å². The van der Waals surface area contributed by atoms with Crippen LogP contribution in [0.4, 0.5) is 5.69 Å². The van der Waals surface area contributed by atoms with Gasteiger partial charge in [0.1, 0.15) is 0 Å². The molecule has 88 valence electrons. The van der Waals surface area contributed by atoms with E-state index in [0.717, 1.165) is 37.6 Å². The van der Waals surface area contributed by atoms with Gasteiger partial charge < -0.3 is 10.1 Å². The molecular weight excluding hydrogens is 220 g/mol. The molecule has 1 aliphatic heterocycles. The van der Waals surface area contributed by atoms with Crippen LogP contribution in [0.2, 0.25) is 0 Å². The van der Waals surface area contributed by atoms with Gasteiger partial charge in [0.25, 0.3) is 0 Å². The third kappa shape index (κ3) is 3.39. The summed E-state index contributed by atoms with van der Waals surface area (Å²) < 4.78 is 5.15. The highest BCUT2D eigenvalue weighted by Gasteiger charge is 2.18. The second kappa shape index (κ2) is 6.11. The zero-order chi connectivity index (χ0) is 11.2. The number of aromatic nitrogens is 1. The summed E-state index contributed by atoms with van der Waals surface area (Å²) in [5, 5.41) is 4.05. The van der Waals surface area contributed by atoms with Crippen LogP contribution in [0.3, 0.4) is 0 Å². The summed E-state index contributed by atoms with van der Waals surface area (Å²) in [5.41, 5.74) is 2.33. The van der Waals surface area contributed by atoms with Crippen LogP contribution in [-0.4, -0.2) is 30.0 Å². The van der Waals surface area contributed by atoms with Gasteiger partial charge in [-0.3, -0.25) is 4.98 Å². The van der Waals surface area contributed by atoms with Gasteiger partial charge in [0.05, 0.1) is 24.2 Å². The lowest BCUT2D eigenvalue weighted by atomic mass is 10.3. The van der Waals surface area contributed by atoms with Crippen LogP contribution in [0.5, 0.6) is 0 Å². The number of nitrogens with one attached hydrogen (secondary N) is 1. The van der Waals surface area contributed by atoms with Crippen molar-refractivity contribution in [2.45, 2.75) is 24.3 Å². The second-order valence-electron chi connectivity index (χ2n) is 3.93. The first-order chi connectivity index (χ1) is 7.88. The highest BCUT2D eigenvalue weighted by Crippen LogP contribution is 2.23. The van der Waals surface area contributed by atoms with E-state index in [4.69, 9.17) is 4.74 Å². The lowest BCUT2D eigenvalue weighted by Crippen LogP contribution is -2.30. The van der Waals surface area contributed by atoms with Crippen molar-refractivity contribution in [1.82, 2.24) is 4.98 Å². The number of nitrogens with zero attached hydrogens (tertiary/aromatic N) is 1. The minimum Gasteiger partial charge on any atom is -0.385 e. The minimum atomic E-state index is 0.675. The van der Waals surface area contributed by atoms with E-state index >= 15 is 0 Å². The Morgan fingerprint density at radius 2 is 2.44 bits per heavy atom. The highest BCUT2D eigenvalue weighted by atomic mass is 32.2. The second-order valence-corrected chi connectivity index (χ2v) is 5.22. The van der Waals surface area contributed by atoms with E-state index in [2.05, 4.69) is 23.3 Å². The van der Waals surface area contributed by atoms with Gasteiger partial charge in [-0.2, -0.15) is 0 Å². The van der Waals surface area contributed by atoms with Crippen molar-refractivity contribution in [2.24, 2.45) is 0 Å². The van der Waals surface area contributed by atoms with Gasteiger partial charge in [0.2, 0.25) is 0 Å². The predicted molar refractivity (Wildman–Crippen MR) is 68.9 cm³/mol. The van der Waals surface area contributed by atoms with Gasteiger partial charge >= 0.3 is 0 Å². The average Bonchev–Trinajstić information content (AvgIpc) is 2.25. The Hall–Kier alpha value is -0.740. The monoisotopic (exact) mass is 238 g/mol. The number of ether oxygens (including phenoxy) is 1. The molecule has 2 rings (SSSR count). The van der Waals surface area contributed by atoms with E-state index < -0.39 is 0 Å². The van der Waals surface area contributed by atoms with Crippen LogP contribution in [0.25, 0.3) is 0 Å². The molecule has 1 fully saturated rings. The highest BCUT2D eigenvalue weighted by molar-refractivity contribution is 7.99. The Balaban J connectivity index is 1.82. The maximum Gasteiger partial charge on any atom is 0.0608 e. The van der Waals surface area contributed by atoms with Crippen LogP contribution >= 0.6 is 11.8 Å². The van der Waals surface area contributed by atoms with Crippen molar-refractivity contribution < 1.29 is 4.74 Å². The first-order valence-corrected chi connectivity index (χ1v) is 6.81. The standard InChI is InChI=1S/C12H18N2OS/c1-2-4-13-10-3-5-14-11(6-10)9-16-12-7-15-8-12/h3,5-6,12H,2,4,7-9H2,1H3,(H,13,14). The molecule has 0 atom stereocenters. The molecule has 0 radical (unpaired) electrons. The van der Waals surface area contributed by atoms with Gasteiger partial charge in [0.15, 0.2) is 0 Å². The molecule has 1 aromatic heterocycles. The molecule has 16 heavy (non-hydrogen) atoms. The van der Waals surface area contributed by atoms with Crippen molar-refractivity contribution in [2.75, 3.05) is 25.1 Å². The van der Waals surface area contributed by atoms with Crippen LogP contribution in [0, 0.1) is 0 Å². The molecule has 1 aromatic rings. The Morgan fingerprint density at radius 1 is 1.56 bits per heavy atom. The zero-order valence-electron chi connectivity index (χ0n) is 9.61.